The number of phenols is 1. The number of halogens is 2. The number of hydrogen-bond acceptors (Lipinski definition) is 4. The van der Waals surface area contributed by atoms with Crippen molar-refractivity contribution < 1.29 is 14.7 Å². The lowest BCUT2D eigenvalue weighted by Gasteiger charge is -2.23. The van der Waals surface area contributed by atoms with Gasteiger partial charge in [-0.2, -0.15) is 0 Å². The molecule has 0 fully saturated rings. The number of hydrogen-bond donors (Lipinski definition) is 2. The number of pyridine rings is 1. The average molecular weight is 430 g/mol. The number of nitrogens with zero attached hydrogens (tertiary/aromatic N) is 2. The van der Waals surface area contributed by atoms with Crippen molar-refractivity contribution in [2.24, 2.45) is 0 Å². The molecule has 0 aliphatic carbocycles. The molecule has 0 atom stereocenters. The summed E-state index contributed by atoms with van der Waals surface area (Å²) in [5.74, 6) is -0.977. The quantitative estimate of drug-likeness (QED) is 0.618. The van der Waals surface area contributed by atoms with E-state index in [4.69, 9.17) is 23.2 Å². The van der Waals surface area contributed by atoms with Crippen molar-refractivity contribution >= 4 is 40.7 Å². The van der Waals surface area contributed by atoms with Crippen LogP contribution in [0.4, 0.5) is 5.69 Å². The van der Waals surface area contributed by atoms with Crippen LogP contribution >= 0.6 is 23.2 Å². The first-order chi connectivity index (χ1) is 14.0. The molecule has 148 valence electrons. The smallest absolute Gasteiger partial charge is 0.253 e. The molecule has 3 aromatic rings. The van der Waals surface area contributed by atoms with Crippen LogP contribution in [0.2, 0.25) is 10.0 Å². The van der Waals surface area contributed by atoms with Crippen LogP contribution in [0.3, 0.4) is 0 Å². The molecule has 0 spiro atoms. The molecule has 2 aromatic carbocycles. The van der Waals surface area contributed by atoms with E-state index < -0.39 is 11.8 Å². The van der Waals surface area contributed by atoms with E-state index in [0.717, 1.165) is 0 Å². The number of carbonyl (C=O) groups excluding carboxylic acids is 2. The maximum atomic E-state index is 12.9. The number of amides is 2. The summed E-state index contributed by atoms with van der Waals surface area (Å²) >= 11 is 11.9. The van der Waals surface area contributed by atoms with E-state index in [0.29, 0.717) is 16.4 Å². The number of aromatic hydroxyl groups is 1. The van der Waals surface area contributed by atoms with E-state index in [1.165, 1.54) is 23.1 Å². The number of aromatic nitrogens is 1. The van der Waals surface area contributed by atoms with Gasteiger partial charge < -0.3 is 15.3 Å². The minimum atomic E-state index is -0.505. The zero-order chi connectivity index (χ0) is 20.8. The van der Waals surface area contributed by atoms with Crippen LogP contribution in [0.1, 0.15) is 16.1 Å². The van der Waals surface area contributed by atoms with Crippen LogP contribution in [0, 0.1) is 0 Å². The molecule has 0 bridgehead atoms. The fourth-order valence-corrected chi connectivity index (χ4v) is 3.17. The first kappa shape index (κ1) is 20.6. The van der Waals surface area contributed by atoms with Gasteiger partial charge in [-0.25, -0.2) is 0 Å². The summed E-state index contributed by atoms with van der Waals surface area (Å²) in [6, 6.07) is 16.3. The number of rotatable bonds is 6. The molecule has 3 rings (SSSR count). The Morgan fingerprint density at radius 3 is 2.48 bits per heavy atom. The van der Waals surface area contributed by atoms with Crippen molar-refractivity contribution in [3.05, 3.63) is 88.2 Å². The van der Waals surface area contributed by atoms with E-state index in [1.807, 2.05) is 0 Å². The van der Waals surface area contributed by atoms with Crippen molar-refractivity contribution in [2.45, 2.75) is 6.54 Å². The van der Waals surface area contributed by atoms with E-state index >= 15 is 0 Å². The summed E-state index contributed by atoms with van der Waals surface area (Å²) in [4.78, 5) is 30.9. The molecule has 8 heteroatoms. The molecule has 0 saturated heterocycles. The standard InChI is InChI=1S/C21H17Cl2N3O3/c22-14-8-9-16(17(23)11-14)21(29)25-12-20(28)26(13-15-5-3-4-10-24-15)18-6-1-2-7-19(18)27/h1-11,27H,12-13H2,(H,25,29). The highest BCUT2D eigenvalue weighted by atomic mass is 35.5. The average Bonchev–Trinajstić information content (AvgIpc) is 2.71. The summed E-state index contributed by atoms with van der Waals surface area (Å²) in [6.45, 7) is -0.159. The van der Waals surface area contributed by atoms with E-state index in [2.05, 4.69) is 10.3 Å². The van der Waals surface area contributed by atoms with Crippen molar-refractivity contribution in [1.29, 1.82) is 0 Å². The molecule has 2 N–H and O–H groups in total. The van der Waals surface area contributed by atoms with Crippen molar-refractivity contribution in [1.82, 2.24) is 10.3 Å². The largest absolute Gasteiger partial charge is 0.506 e. The van der Waals surface area contributed by atoms with Crippen LogP contribution < -0.4 is 10.2 Å². The second kappa shape index (κ2) is 9.41. The van der Waals surface area contributed by atoms with Gasteiger partial charge >= 0.3 is 0 Å². The van der Waals surface area contributed by atoms with Crippen LogP contribution in [0.15, 0.2) is 66.9 Å². The second-order valence-corrected chi connectivity index (χ2v) is 6.94. The minimum Gasteiger partial charge on any atom is -0.506 e. The van der Waals surface area contributed by atoms with Crippen LogP contribution in [-0.2, 0) is 11.3 Å². The number of carbonyl (C=O) groups is 2. The summed E-state index contributed by atoms with van der Waals surface area (Å²) in [7, 11) is 0. The van der Waals surface area contributed by atoms with Crippen LogP contribution in [0.25, 0.3) is 0 Å². The molecule has 6 nitrogen and oxygen atoms in total. The fraction of sp³-hybridized carbons (Fsp3) is 0.0952. The Morgan fingerprint density at radius 2 is 1.79 bits per heavy atom. The summed E-state index contributed by atoms with van der Waals surface area (Å²) < 4.78 is 0. The lowest BCUT2D eigenvalue weighted by Crippen LogP contribution is -2.40. The predicted octanol–water partition coefficient (Wildman–Crippen LogP) is 4.06. The number of nitrogens with one attached hydrogen (secondary N) is 1. The van der Waals surface area contributed by atoms with Gasteiger partial charge in [0.15, 0.2) is 0 Å². The maximum absolute atomic E-state index is 12.9. The Hall–Kier alpha value is -3.09. The molecule has 0 aliphatic heterocycles. The van der Waals surface area contributed by atoms with E-state index in [-0.39, 0.29) is 29.4 Å². The van der Waals surface area contributed by atoms with Gasteiger partial charge in [0.05, 0.1) is 35.1 Å². The van der Waals surface area contributed by atoms with Gasteiger partial charge in [-0.05, 0) is 42.5 Å². The third kappa shape index (κ3) is 5.25. The fourth-order valence-electron chi connectivity index (χ4n) is 2.67. The van der Waals surface area contributed by atoms with Gasteiger partial charge in [0.2, 0.25) is 5.91 Å². The summed E-state index contributed by atoms with van der Waals surface area (Å²) in [5, 5.41) is 13.3. The molecule has 1 heterocycles. The first-order valence-electron chi connectivity index (χ1n) is 8.67. The summed E-state index contributed by atoms with van der Waals surface area (Å²) in [5.41, 5.74) is 1.17. The van der Waals surface area contributed by atoms with E-state index in [1.54, 1.807) is 48.7 Å². The molecule has 2 amide bonds. The van der Waals surface area contributed by atoms with Crippen LogP contribution in [-0.4, -0.2) is 28.4 Å². The maximum Gasteiger partial charge on any atom is 0.253 e. The second-order valence-electron chi connectivity index (χ2n) is 6.10. The highest BCUT2D eigenvalue weighted by Gasteiger charge is 2.21. The lowest BCUT2D eigenvalue weighted by atomic mass is 10.2. The van der Waals surface area contributed by atoms with Gasteiger partial charge in [0.1, 0.15) is 5.75 Å². The molecule has 1 aromatic heterocycles. The molecule has 0 unspecified atom stereocenters. The zero-order valence-electron chi connectivity index (χ0n) is 15.2. The number of anilines is 1. The Labute approximate surface area is 177 Å². The number of para-hydroxylation sites is 2. The lowest BCUT2D eigenvalue weighted by molar-refractivity contribution is -0.117. The molecule has 0 saturated carbocycles. The molecule has 0 aliphatic rings. The highest BCUT2D eigenvalue weighted by molar-refractivity contribution is 6.36. The van der Waals surface area contributed by atoms with Gasteiger partial charge in [-0.1, -0.05) is 41.4 Å². The first-order valence-corrected chi connectivity index (χ1v) is 9.43. The topological polar surface area (TPSA) is 82.5 Å². The minimum absolute atomic E-state index is 0.0520. The Balaban J connectivity index is 1.77. The Kier molecular flexibility index (Phi) is 6.69. The van der Waals surface area contributed by atoms with Crippen LogP contribution in [0.5, 0.6) is 5.75 Å². The normalized spacial score (nSPS) is 10.4. The van der Waals surface area contributed by atoms with Crippen molar-refractivity contribution in [2.75, 3.05) is 11.4 Å². The predicted molar refractivity (Wildman–Crippen MR) is 112 cm³/mol. The monoisotopic (exact) mass is 429 g/mol. The highest BCUT2D eigenvalue weighted by Crippen LogP contribution is 2.28. The third-order valence-corrected chi connectivity index (χ3v) is 4.64. The zero-order valence-corrected chi connectivity index (χ0v) is 16.7. The van der Waals surface area contributed by atoms with E-state index in [9.17, 15) is 14.7 Å². The molecule has 29 heavy (non-hydrogen) atoms. The molecular formula is C21H17Cl2N3O3. The SMILES string of the molecule is O=C(NCC(=O)N(Cc1ccccn1)c1ccccc1O)c1ccc(Cl)cc1Cl. The van der Waals surface area contributed by atoms with Crippen molar-refractivity contribution in [3.8, 4) is 5.75 Å². The van der Waals surface area contributed by atoms with Gasteiger partial charge in [0.25, 0.3) is 5.91 Å². The number of phenolic OH excluding ortho intramolecular Hbond substituents is 1. The van der Waals surface area contributed by atoms with Gasteiger partial charge in [-0.15, -0.1) is 0 Å². The van der Waals surface area contributed by atoms with Gasteiger partial charge in [0, 0.05) is 11.2 Å². The summed E-state index contributed by atoms with van der Waals surface area (Å²) in [6.07, 6.45) is 1.62. The van der Waals surface area contributed by atoms with Gasteiger partial charge in [-0.3, -0.25) is 14.6 Å². The Morgan fingerprint density at radius 1 is 1.03 bits per heavy atom. The molecular weight excluding hydrogens is 413 g/mol. The number of benzene rings is 2. The third-order valence-electron chi connectivity index (χ3n) is 4.10. The Bertz CT molecular complexity index is 1030. The molecule has 0 radical (unpaired) electrons. The van der Waals surface area contributed by atoms with Crippen molar-refractivity contribution in [3.63, 3.8) is 0 Å².